The summed E-state index contributed by atoms with van der Waals surface area (Å²) in [4.78, 5) is 28.1. The molecule has 4 nitrogen and oxygen atoms in total. The number of methoxy groups -OCH3 is 1. The lowest BCUT2D eigenvalue weighted by Gasteiger charge is -2.39. The van der Waals surface area contributed by atoms with Crippen LogP contribution in [-0.2, 0) is 9.59 Å². The molecule has 4 rings (SSSR count). The van der Waals surface area contributed by atoms with Crippen LogP contribution in [0.2, 0.25) is 15.1 Å². The first-order valence-corrected chi connectivity index (χ1v) is 10.8. The van der Waals surface area contributed by atoms with E-state index in [0.29, 0.717) is 51.3 Å². The Balaban J connectivity index is 1.92. The van der Waals surface area contributed by atoms with Gasteiger partial charge in [0.15, 0.2) is 5.78 Å². The minimum atomic E-state index is -0.388. The van der Waals surface area contributed by atoms with Crippen LogP contribution >= 0.6 is 34.8 Å². The fourth-order valence-electron chi connectivity index (χ4n) is 4.31. The van der Waals surface area contributed by atoms with E-state index in [2.05, 4.69) is 0 Å². The Morgan fingerprint density at radius 3 is 2.50 bits per heavy atom. The molecule has 0 bridgehead atoms. The standard InChI is InChI=1S/C23H20Cl3NO3/c1-12-8-19(21(30-2)11-16(12)25)27-18-4-3-5-20(28)23(18)15(10-22(27)29)14-7-6-13(24)9-17(14)26/h6-9,11,15H,3-5,10H2,1-2H3. The molecule has 2 aromatic carbocycles. The molecule has 0 fully saturated rings. The Hall–Kier alpha value is -2.01. The predicted octanol–water partition coefficient (Wildman–Crippen LogP) is 6.49. The van der Waals surface area contributed by atoms with Crippen molar-refractivity contribution in [3.8, 4) is 5.75 Å². The summed E-state index contributed by atoms with van der Waals surface area (Å²) in [6.45, 7) is 1.87. The molecule has 2 aromatic rings. The lowest BCUT2D eigenvalue weighted by molar-refractivity contribution is -0.119. The highest BCUT2D eigenvalue weighted by atomic mass is 35.5. The van der Waals surface area contributed by atoms with Gasteiger partial charge in [0, 0.05) is 51.2 Å². The van der Waals surface area contributed by atoms with Gasteiger partial charge in [-0.15, -0.1) is 0 Å². The third-order valence-electron chi connectivity index (χ3n) is 5.71. The summed E-state index contributed by atoms with van der Waals surface area (Å²) in [5, 5.41) is 1.52. The second-order valence-corrected chi connectivity index (χ2v) is 8.81. The highest BCUT2D eigenvalue weighted by molar-refractivity contribution is 6.35. The molecule has 0 N–H and O–H groups in total. The topological polar surface area (TPSA) is 46.6 Å². The van der Waals surface area contributed by atoms with E-state index in [1.807, 2.05) is 13.0 Å². The monoisotopic (exact) mass is 463 g/mol. The smallest absolute Gasteiger partial charge is 0.232 e. The van der Waals surface area contributed by atoms with Crippen molar-refractivity contribution < 1.29 is 14.3 Å². The van der Waals surface area contributed by atoms with Crippen LogP contribution < -0.4 is 9.64 Å². The fraction of sp³-hybridized carbons (Fsp3) is 0.304. The molecule has 30 heavy (non-hydrogen) atoms. The first kappa shape index (κ1) is 21.2. The summed E-state index contributed by atoms with van der Waals surface area (Å²) < 4.78 is 5.51. The van der Waals surface area contributed by atoms with Gasteiger partial charge in [-0.2, -0.15) is 0 Å². The summed E-state index contributed by atoms with van der Waals surface area (Å²) in [5.41, 5.74) is 3.55. The largest absolute Gasteiger partial charge is 0.495 e. The van der Waals surface area contributed by atoms with E-state index < -0.39 is 0 Å². The summed E-state index contributed by atoms with van der Waals surface area (Å²) in [6.07, 6.45) is 1.91. The molecule has 7 heteroatoms. The van der Waals surface area contributed by atoms with Gasteiger partial charge in [0.25, 0.3) is 0 Å². The third-order valence-corrected chi connectivity index (χ3v) is 6.68. The molecular formula is C23H20Cl3NO3. The number of carbonyl (C=O) groups excluding carboxylic acids is 2. The van der Waals surface area contributed by atoms with Crippen LogP contribution in [0, 0.1) is 6.92 Å². The molecule has 0 saturated carbocycles. The van der Waals surface area contributed by atoms with Crippen LogP contribution in [0.5, 0.6) is 5.75 Å². The Bertz CT molecular complexity index is 1090. The molecule has 156 valence electrons. The van der Waals surface area contributed by atoms with Gasteiger partial charge < -0.3 is 4.74 Å². The van der Waals surface area contributed by atoms with E-state index in [1.54, 1.807) is 29.2 Å². The molecule has 1 atom stereocenters. The van der Waals surface area contributed by atoms with Gasteiger partial charge in [-0.3, -0.25) is 14.5 Å². The zero-order valence-corrected chi connectivity index (χ0v) is 18.9. The maximum absolute atomic E-state index is 13.4. The number of amides is 1. The average Bonchev–Trinajstić information content (AvgIpc) is 2.69. The lowest BCUT2D eigenvalue weighted by Crippen LogP contribution is -2.40. The summed E-state index contributed by atoms with van der Waals surface area (Å²) >= 11 is 18.8. The van der Waals surface area contributed by atoms with Crippen molar-refractivity contribution in [3.63, 3.8) is 0 Å². The van der Waals surface area contributed by atoms with Gasteiger partial charge in [0.2, 0.25) is 5.91 Å². The molecule has 2 aliphatic rings. The maximum Gasteiger partial charge on any atom is 0.232 e. The van der Waals surface area contributed by atoms with Gasteiger partial charge in [-0.1, -0.05) is 40.9 Å². The van der Waals surface area contributed by atoms with Crippen molar-refractivity contribution >= 4 is 52.2 Å². The van der Waals surface area contributed by atoms with Crippen LogP contribution in [0.4, 0.5) is 5.69 Å². The number of hydrogen-bond acceptors (Lipinski definition) is 3. The molecule has 0 saturated heterocycles. The predicted molar refractivity (Wildman–Crippen MR) is 120 cm³/mol. The Kier molecular flexibility index (Phi) is 5.84. The summed E-state index contributed by atoms with van der Waals surface area (Å²) in [6, 6.07) is 8.72. The maximum atomic E-state index is 13.4. The van der Waals surface area contributed by atoms with Crippen molar-refractivity contribution in [2.24, 2.45) is 0 Å². The number of halogens is 3. The van der Waals surface area contributed by atoms with Crippen LogP contribution in [0.15, 0.2) is 41.6 Å². The number of hydrogen-bond donors (Lipinski definition) is 0. The second kappa shape index (κ2) is 8.26. The summed E-state index contributed by atoms with van der Waals surface area (Å²) in [5.74, 6) is 0.0430. The fourth-order valence-corrected chi connectivity index (χ4v) is 5.00. The number of rotatable bonds is 3. The van der Waals surface area contributed by atoms with Gasteiger partial charge in [-0.25, -0.2) is 0 Å². The van der Waals surface area contributed by atoms with Crippen molar-refractivity contribution in [1.29, 1.82) is 0 Å². The number of anilines is 1. The number of ketones is 1. The second-order valence-electron chi connectivity index (χ2n) is 7.56. The van der Waals surface area contributed by atoms with E-state index in [0.717, 1.165) is 16.8 Å². The average molecular weight is 465 g/mol. The van der Waals surface area contributed by atoms with Crippen LogP contribution in [-0.4, -0.2) is 18.8 Å². The van der Waals surface area contributed by atoms with Crippen molar-refractivity contribution in [2.75, 3.05) is 12.0 Å². The van der Waals surface area contributed by atoms with Crippen molar-refractivity contribution in [3.05, 3.63) is 67.8 Å². The Morgan fingerprint density at radius 2 is 1.80 bits per heavy atom. The SMILES string of the molecule is COc1cc(Cl)c(C)cc1N1C(=O)CC(c2ccc(Cl)cc2Cl)C2=C1CCCC2=O. The number of ether oxygens (including phenoxy) is 1. The molecule has 1 amide bonds. The zero-order valence-electron chi connectivity index (χ0n) is 16.6. The van der Waals surface area contributed by atoms with Crippen LogP contribution in [0.3, 0.4) is 0 Å². The quantitative estimate of drug-likeness (QED) is 0.521. The number of aryl methyl sites for hydroxylation is 1. The first-order chi connectivity index (χ1) is 14.3. The van der Waals surface area contributed by atoms with Gasteiger partial charge in [-0.05, 0) is 49.1 Å². The Morgan fingerprint density at radius 1 is 1.03 bits per heavy atom. The van der Waals surface area contributed by atoms with Gasteiger partial charge >= 0.3 is 0 Å². The van der Waals surface area contributed by atoms with Crippen molar-refractivity contribution in [2.45, 2.75) is 38.5 Å². The minimum absolute atomic E-state index is 0.0504. The lowest BCUT2D eigenvalue weighted by atomic mass is 9.77. The van der Waals surface area contributed by atoms with Crippen LogP contribution in [0.1, 0.15) is 42.7 Å². The van der Waals surface area contributed by atoms with E-state index in [9.17, 15) is 9.59 Å². The highest BCUT2D eigenvalue weighted by Crippen LogP contribution is 2.47. The molecule has 0 aromatic heterocycles. The van der Waals surface area contributed by atoms with Gasteiger partial charge in [0.1, 0.15) is 5.75 Å². The number of carbonyl (C=O) groups is 2. The van der Waals surface area contributed by atoms with E-state index >= 15 is 0 Å². The molecule has 1 aliphatic heterocycles. The molecule has 1 unspecified atom stereocenters. The van der Waals surface area contributed by atoms with E-state index in [4.69, 9.17) is 39.5 Å². The van der Waals surface area contributed by atoms with E-state index in [-0.39, 0.29) is 24.0 Å². The molecular weight excluding hydrogens is 445 g/mol. The van der Waals surface area contributed by atoms with Crippen LogP contribution in [0.25, 0.3) is 0 Å². The number of allylic oxidation sites excluding steroid dienone is 2. The minimum Gasteiger partial charge on any atom is -0.495 e. The molecule has 0 spiro atoms. The molecule has 1 heterocycles. The third kappa shape index (κ3) is 3.62. The van der Waals surface area contributed by atoms with E-state index in [1.165, 1.54) is 7.11 Å². The Labute approximate surface area is 190 Å². The van der Waals surface area contributed by atoms with Crippen molar-refractivity contribution in [1.82, 2.24) is 0 Å². The zero-order chi connectivity index (χ0) is 21.6. The normalized spacial score (nSPS) is 19.2. The molecule has 1 aliphatic carbocycles. The number of Topliss-reactive ketones (excluding diaryl/α,β-unsaturated/α-hetero) is 1. The first-order valence-electron chi connectivity index (χ1n) is 9.70. The van der Waals surface area contributed by atoms with Gasteiger partial charge in [0.05, 0.1) is 12.8 Å². The number of nitrogens with zero attached hydrogens (tertiary/aromatic N) is 1. The molecule has 0 radical (unpaired) electrons. The number of benzene rings is 2. The summed E-state index contributed by atoms with van der Waals surface area (Å²) in [7, 11) is 1.54. The highest BCUT2D eigenvalue weighted by Gasteiger charge is 2.41.